The second-order valence-electron chi connectivity index (χ2n) is 11.7. The summed E-state index contributed by atoms with van der Waals surface area (Å²) in [5.41, 5.74) is 11.0. The molecule has 2 rings (SSSR count). The number of rotatable bonds is 17. The zero-order chi connectivity index (χ0) is 34.8. The molecule has 0 saturated carbocycles. The summed E-state index contributed by atoms with van der Waals surface area (Å²) in [6.07, 6.45) is 12.8. The summed E-state index contributed by atoms with van der Waals surface area (Å²) in [7, 11) is 0. The van der Waals surface area contributed by atoms with Crippen molar-refractivity contribution in [1.29, 1.82) is 0 Å². The van der Waals surface area contributed by atoms with E-state index < -0.39 is 0 Å². The number of hydrogen-bond acceptors (Lipinski definition) is 6. The third kappa shape index (κ3) is 18.7. The van der Waals surface area contributed by atoms with E-state index in [-0.39, 0.29) is 11.9 Å². The van der Waals surface area contributed by atoms with Crippen LogP contribution in [0.3, 0.4) is 0 Å². The van der Waals surface area contributed by atoms with Crippen LogP contribution in [0.5, 0.6) is 0 Å². The average Bonchev–Trinajstić information content (AvgIpc) is 3.40. The van der Waals surface area contributed by atoms with Crippen LogP contribution in [0.25, 0.3) is 16.6 Å². The maximum Gasteiger partial charge on any atom is 0.293 e. The summed E-state index contributed by atoms with van der Waals surface area (Å²) in [4.78, 5) is 26.7. The molecule has 1 aromatic carbocycles. The molecule has 1 heterocycles. The molecule has 1 unspecified atom stereocenters. The summed E-state index contributed by atoms with van der Waals surface area (Å²) in [6.45, 7) is 24.5. The van der Waals surface area contributed by atoms with E-state index in [0.717, 1.165) is 46.5 Å². The lowest BCUT2D eigenvalue weighted by Crippen LogP contribution is -2.14. The number of carbonyl (C=O) groups excluding carboxylic acids is 2. The molecule has 0 bridgehead atoms. The Morgan fingerprint density at radius 1 is 1.07 bits per heavy atom. The number of hydrogen-bond donors (Lipinski definition) is 2. The van der Waals surface area contributed by atoms with Crippen molar-refractivity contribution >= 4 is 28.9 Å². The smallest absolute Gasteiger partial charge is 0.293 e. The van der Waals surface area contributed by atoms with Gasteiger partial charge in [0.1, 0.15) is 5.82 Å². The van der Waals surface area contributed by atoms with Crippen LogP contribution >= 0.6 is 0 Å². The van der Waals surface area contributed by atoms with Crippen molar-refractivity contribution in [2.24, 2.45) is 17.6 Å². The van der Waals surface area contributed by atoms with Crippen LogP contribution in [-0.2, 0) is 27.4 Å². The van der Waals surface area contributed by atoms with Gasteiger partial charge >= 0.3 is 0 Å². The van der Waals surface area contributed by atoms with E-state index in [2.05, 4.69) is 47.4 Å². The van der Waals surface area contributed by atoms with Gasteiger partial charge in [0.2, 0.25) is 0 Å². The number of benzene rings is 1. The van der Waals surface area contributed by atoms with Crippen molar-refractivity contribution < 1.29 is 19.4 Å². The second-order valence-corrected chi connectivity index (χ2v) is 11.7. The molecular formula is C38H67N3O4. The van der Waals surface area contributed by atoms with E-state index in [1.54, 1.807) is 6.92 Å². The Hall–Kier alpha value is -2.77. The number of aliphatic hydroxyl groups is 1. The molecule has 0 aliphatic heterocycles. The van der Waals surface area contributed by atoms with Crippen molar-refractivity contribution in [3.8, 4) is 0 Å². The van der Waals surface area contributed by atoms with Crippen molar-refractivity contribution in [3.05, 3.63) is 47.3 Å². The predicted octanol–water partition coefficient (Wildman–Crippen LogP) is 9.44. The van der Waals surface area contributed by atoms with Crippen LogP contribution < -0.4 is 5.73 Å². The number of Topliss-reactive ketones (excluding diaryl/α,β-unsaturated/α-hetero) is 1. The molecule has 0 aliphatic carbocycles. The minimum absolute atomic E-state index is 0.116. The number of nitrogens with zero attached hydrogens (tertiary/aromatic N) is 2. The first kappa shape index (κ1) is 44.4. The minimum atomic E-state index is -0.116. The van der Waals surface area contributed by atoms with E-state index in [1.807, 2.05) is 61.5 Å². The number of fused-ring (bicyclic) bond motifs is 1. The monoisotopic (exact) mass is 630 g/mol. The molecule has 0 saturated heterocycles. The number of ketones is 1. The molecule has 258 valence electrons. The van der Waals surface area contributed by atoms with Crippen LogP contribution in [0.15, 0.2) is 35.9 Å². The van der Waals surface area contributed by atoms with Crippen LogP contribution in [0.1, 0.15) is 139 Å². The maximum atomic E-state index is 12.2. The standard InChI is InChI=1S/C27H41N3O.C5H10O2.C4H10O.C2H6/c1-6-10-11-13-21(12-7-2)19-30-25-17-22(18-28)14-15-24(25)29-27(30)23(8-3)16-20(5)26(31)9-4;1-5(2)3-7-4-6;1-3-4(2)5;1-2/h8,14-17,21H,6-7,9-13,18-19,28H2,1-5H3;4-5H,3H2,1-2H3;4-5H,3H2,1-2H3;1-2H3/b20-16-,23-8+;;;/t;;4-;/m..1./s1. The molecule has 7 nitrogen and oxygen atoms in total. The highest BCUT2D eigenvalue weighted by Gasteiger charge is 2.18. The minimum Gasteiger partial charge on any atom is -0.468 e. The number of nitrogens with two attached hydrogens (primary N) is 1. The van der Waals surface area contributed by atoms with Crippen LogP contribution in [-0.4, -0.2) is 39.6 Å². The average molecular weight is 630 g/mol. The van der Waals surface area contributed by atoms with E-state index in [4.69, 9.17) is 15.8 Å². The summed E-state index contributed by atoms with van der Waals surface area (Å²) in [6, 6.07) is 6.32. The number of aliphatic hydroxyl groups excluding tert-OH is 1. The van der Waals surface area contributed by atoms with Gasteiger partial charge < -0.3 is 20.1 Å². The number of carbonyl (C=O) groups is 2. The van der Waals surface area contributed by atoms with Crippen molar-refractivity contribution in [3.63, 3.8) is 0 Å². The molecule has 0 radical (unpaired) electrons. The van der Waals surface area contributed by atoms with Crippen molar-refractivity contribution in [1.82, 2.24) is 9.55 Å². The van der Waals surface area contributed by atoms with E-state index in [1.165, 1.54) is 38.5 Å². The maximum absolute atomic E-state index is 12.2. The van der Waals surface area contributed by atoms with Crippen LogP contribution in [0, 0.1) is 11.8 Å². The van der Waals surface area contributed by atoms with Crippen molar-refractivity contribution in [2.45, 2.75) is 147 Å². The first-order valence-corrected chi connectivity index (χ1v) is 17.3. The highest BCUT2D eigenvalue weighted by atomic mass is 16.5. The van der Waals surface area contributed by atoms with Crippen molar-refractivity contribution in [2.75, 3.05) is 6.61 Å². The van der Waals surface area contributed by atoms with Gasteiger partial charge in [-0.2, -0.15) is 0 Å². The Bertz CT molecular complexity index is 1120. The summed E-state index contributed by atoms with van der Waals surface area (Å²) < 4.78 is 6.79. The molecular weight excluding hydrogens is 562 g/mol. The van der Waals surface area contributed by atoms with Gasteiger partial charge in [0.05, 0.1) is 23.7 Å². The molecule has 0 spiro atoms. The largest absolute Gasteiger partial charge is 0.468 e. The van der Waals surface area contributed by atoms with Gasteiger partial charge in [-0.15, -0.1) is 0 Å². The van der Waals surface area contributed by atoms with Gasteiger partial charge in [0.15, 0.2) is 5.78 Å². The van der Waals surface area contributed by atoms with Gasteiger partial charge in [-0.25, -0.2) is 4.98 Å². The lowest BCUT2D eigenvalue weighted by atomic mass is 9.96. The van der Waals surface area contributed by atoms with Gasteiger partial charge in [-0.05, 0) is 81.2 Å². The summed E-state index contributed by atoms with van der Waals surface area (Å²) in [5, 5.41) is 8.36. The summed E-state index contributed by atoms with van der Waals surface area (Å²) >= 11 is 0. The van der Waals surface area contributed by atoms with E-state index in [0.29, 0.717) is 37.9 Å². The zero-order valence-corrected chi connectivity index (χ0v) is 30.6. The Labute approximate surface area is 275 Å². The Morgan fingerprint density at radius 3 is 2.16 bits per heavy atom. The van der Waals surface area contributed by atoms with Gasteiger partial charge in [-0.1, -0.05) is 93.2 Å². The van der Waals surface area contributed by atoms with Crippen LogP contribution in [0.4, 0.5) is 0 Å². The van der Waals surface area contributed by atoms with Crippen LogP contribution in [0.2, 0.25) is 0 Å². The molecule has 45 heavy (non-hydrogen) atoms. The molecule has 7 heteroatoms. The lowest BCUT2D eigenvalue weighted by Gasteiger charge is -2.20. The predicted molar refractivity (Wildman–Crippen MR) is 193 cm³/mol. The molecule has 2 atom stereocenters. The molecule has 3 N–H and O–H groups in total. The highest BCUT2D eigenvalue weighted by molar-refractivity contribution is 5.97. The lowest BCUT2D eigenvalue weighted by molar-refractivity contribution is -0.129. The molecule has 0 amide bonds. The SMILES string of the molecule is C/C=C(\C=C(\C)C(=O)CC)c1nc2ccc(CN)cc2n1CC(CCC)CCCCC.CC.CC(C)COC=O.CC[C@@H](C)O. The zero-order valence-electron chi connectivity index (χ0n) is 30.6. The number of imidazole rings is 1. The second kappa shape index (κ2) is 27.5. The first-order chi connectivity index (χ1) is 21.5. The normalized spacial score (nSPS) is 12.7. The Kier molecular flexibility index (Phi) is 27.1. The number of allylic oxidation sites excluding steroid dienone is 4. The first-order valence-electron chi connectivity index (χ1n) is 17.3. The fourth-order valence-corrected chi connectivity index (χ4v) is 4.48. The van der Waals surface area contributed by atoms with E-state index in [9.17, 15) is 9.59 Å². The third-order valence-electron chi connectivity index (χ3n) is 7.19. The Morgan fingerprint density at radius 2 is 1.71 bits per heavy atom. The number of ether oxygens (including phenoxy) is 1. The summed E-state index contributed by atoms with van der Waals surface area (Å²) in [5.74, 6) is 2.20. The third-order valence-corrected chi connectivity index (χ3v) is 7.19. The molecule has 0 aliphatic rings. The van der Waals surface area contributed by atoms with Gasteiger partial charge in [-0.3, -0.25) is 9.59 Å². The fraction of sp³-hybridized carbons (Fsp3) is 0.658. The molecule has 2 aromatic rings. The molecule has 0 fully saturated rings. The highest BCUT2D eigenvalue weighted by Crippen LogP contribution is 2.28. The number of aromatic nitrogens is 2. The quantitative estimate of drug-likeness (QED) is 0.0781. The van der Waals surface area contributed by atoms with Gasteiger partial charge in [0, 0.05) is 25.1 Å². The topological polar surface area (TPSA) is 107 Å². The number of unbranched alkanes of at least 4 members (excludes halogenated alkanes) is 2. The van der Waals surface area contributed by atoms with Gasteiger partial charge in [0.25, 0.3) is 6.47 Å². The molecule has 1 aromatic heterocycles. The van der Waals surface area contributed by atoms with E-state index >= 15 is 0 Å². The fourth-order valence-electron chi connectivity index (χ4n) is 4.48. The Balaban J connectivity index is 0.